The second-order valence-electron chi connectivity index (χ2n) is 4.36. The molecule has 0 unspecified atom stereocenters. The Morgan fingerprint density at radius 1 is 1.21 bits per heavy atom. The van der Waals surface area contributed by atoms with Crippen LogP contribution in [0.5, 0.6) is 0 Å². The van der Waals surface area contributed by atoms with Crippen molar-refractivity contribution >= 4 is 0 Å². The van der Waals surface area contributed by atoms with Gasteiger partial charge in [-0.3, -0.25) is 4.68 Å². The van der Waals surface area contributed by atoms with Gasteiger partial charge in [0.1, 0.15) is 11.6 Å². The van der Waals surface area contributed by atoms with Crippen LogP contribution in [0, 0.1) is 11.6 Å². The maximum atomic E-state index is 13.6. The molecule has 0 bridgehead atoms. The smallest absolute Gasteiger partial charge is 0.131 e. The predicted molar refractivity (Wildman–Crippen MR) is 69.7 cm³/mol. The molecule has 19 heavy (non-hydrogen) atoms. The first kappa shape index (κ1) is 13.7. The Kier molecular flexibility index (Phi) is 4.63. The molecule has 0 atom stereocenters. The van der Waals surface area contributed by atoms with E-state index in [9.17, 15) is 8.78 Å². The normalized spacial score (nSPS) is 10.9. The zero-order chi connectivity index (χ0) is 13.7. The molecule has 0 amide bonds. The van der Waals surface area contributed by atoms with Gasteiger partial charge in [0.05, 0.1) is 12.2 Å². The topological polar surface area (TPSA) is 29.9 Å². The van der Waals surface area contributed by atoms with E-state index < -0.39 is 11.6 Å². The molecule has 0 radical (unpaired) electrons. The second kappa shape index (κ2) is 6.43. The van der Waals surface area contributed by atoms with Gasteiger partial charge in [0, 0.05) is 18.3 Å². The molecule has 0 fully saturated rings. The number of benzene rings is 1. The number of rotatable bonds is 6. The van der Waals surface area contributed by atoms with Crippen LogP contribution in [-0.2, 0) is 13.1 Å². The molecule has 2 aromatic rings. The number of hydrogen-bond donors (Lipinski definition) is 1. The minimum Gasteiger partial charge on any atom is -0.311 e. The van der Waals surface area contributed by atoms with E-state index in [1.807, 2.05) is 6.07 Å². The van der Waals surface area contributed by atoms with E-state index in [2.05, 4.69) is 17.3 Å². The van der Waals surface area contributed by atoms with Crippen molar-refractivity contribution in [2.75, 3.05) is 6.54 Å². The fourth-order valence-corrected chi connectivity index (χ4v) is 1.88. The van der Waals surface area contributed by atoms with Crippen LogP contribution in [0.4, 0.5) is 8.78 Å². The molecule has 2 rings (SSSR count). The Labute approximate surface area is 111 Å². The molecule has 1 aromatic heterocycles. The Balaban J connectivity index is 2.13. The maximum absolute atomic E-state index is 13.6. The summed E-state index contributed by atoms with van der Waals surface area (Å²) in [4.78, 5) is 0. The molecular weight excluding hydrogens is 248 g/mol. The van der Waals surface area contributed by atoms with Gasteiger partial charge in [-0.1, -0.05) is 13.0 Å². The molecule has 0 aliphatic carbocycles. The molecule has 1 N–H and O–H groups in total. The van der Waals surface area contributed by atoms with Crippen molar-refractivity contribution in [3.05, 3.63) is 53.4 Å². The van der Waals surface area contributed by atoms with Gasteiger partial charge in [-0.05, 0) is 31.2 Å². The highest BCUT2D eigenvalue weighted by Gasteiger charge is 2.11. The Hall–Kier alpha value is -1.75. The van der Waals surface area contributed by atoms with Crippen molar-refractivity contribution in [2.45, 2.75) is 26.4 Å². The van der Waals surface area contributed by atoms with Crippen LogP contribution in [0.15, 0.2) is 30.5 Å². The Bertz CT molecular complexity index is 517. The van der Waals surface area contributed by atoms with Gasteiger partial charge < -0.3 is 5.32 Å². The number of nitrogens with zero attached hydrogens (tertiary/aromatic N) is 2. The number of aromatic nitrogens is 2. The summed E-state index contributed by atoms with van der Waals surface area (Å²) < 4.78 is 28.8. The lowest BCUT2D eigenvalue weighted by Crippen LogP contribution is -2.18. The third-order valence-electron chi connectivity index (χ3n) is 2.91. The van der Waals surface area contributed by atoms with Gasteiger partial charge in [0.15, 0.2) is 0 Å². The van der Waals surface area contributed by atoms with E-state index in [4.69, 9.17) is 0 Å². The van der Waals surface area contributed by atoms with Crippen LogP contribution in [0.25, 0.3) is 0 Å². The third kappa shape index (κ3) is 3.38. The summed E-state index contributed by atoms with van der Waals surface area (Å²) in [6, 6.07) is 5.73. The summed E-state index contributed by atoms with van der Waals surface area (Å²) in [5.74, 6) is -1.08. The summed E-state index contributed by atoms with van der Waals surface area (Å²) >= 11 is 0. The lowest BCUT2D eigenvalue weighted by molar-refractivity contribution is 0.520. The van der Waals surface area contributed by atoms with Crippen molar-refractivity contribution in [1.29, 1.82) is 0 Å². The standard InChI is InChI=1S/C14H17F2N3/c1-2-7-17-9-11-6-8-18-19(11)10-12-13(15)4-3-5-14(12)16/h3-6,8,17H,2,7,9-10H2,1H3. The molecule has 0 saturated carbocycles. The SMILES string of the molecule is CCCNCc1ccnn1Cc1c(F)cccc1F. The highest BCUT2D eigenvalue weighted by molar-refractivity contribution is 5.20. The fraction of sp³-hybridized carbons (Fsp3) is 0.357. The van der Waals surface area contributed by atoms with E-state index in [-0.39, 0.29) is 12.1 Å². The van der Waals surface area contributed by atoms with Crippen LogP contribution in [0.2, 0.25) is 0 Å². The molecule has 1 heterocycles. The number of hydrogen-bond acceptors (Lipinski definition) is 2. The van der Waals surface area contributed by atoms with E-state index in [1.54, 1.807) is 10.9 Å². The average Bonchev–Trinajstić information content (AvgIpc) is 2.82. The summed E-state index contributed by atoms with van der Waals surface area (Å²) in [6.45, 7) is 3.73. The highest BCUT2D eigenvalue weighted by atomic mass is 19.1. The number of halogens is 2. The summed E-state index contributed by atoms with van der Waals surface area (Å²) in [5, 5.41) is 7.36. The van der Waals surface area contributed by atoms with Crippen LogP contribution >= 0.6 is 0 Å². The lowest BCUT2D eigenvalue weighted by atomic mass is 10.2. The van der Waals surface area contributed by atoms with Crippen molar-refractivity contribution in [3.8, 4) is 0 Å². The monoisotopic (exact) mass is 265 g/mol. The Morgan fingerprint density at radius 2 is 1.95 bits per heavy atom. The van der Waals surface area contributed by atoms with E-state index in [0.29, 0.717) is 6.54 Å². The quantitative estimate of drug-likeness (QED) is 0.814. The third-order valence-corrected chi connectivity index (χ3v) is 2.91. The zero-order valence-corrected chi connectivity index (χ0v) is 10.9. The molecule has 1 aromatic carbocycles. The van der Waals surface area contributed by atoms with Crippen molar-refractivity contribution in [2.24, 2.45) is 0 Å². The first-order valence-corrected chi connectivity index (χ1v) is 6.36. The van der Waals surface area contributed by atoms with Gasteiger partial charge in [-0.15, -0.1) is 0 Å². The van der Waals surface area contributed by atoms with Gasteiger partial charge >= 0.3 is 0 Å². The van der Waals surface area contributed by atoms with Gasteiger partial charge in [-0.25, -0.2) is 8.78 Å². The average molecular weight is 265 g/mol. The fourth-order valence-electron chi connectivity index (χ4n) is 1.88. The molecule has 0 aliphatic rings. The molecule has 0 saturated heterocycles. The molecule has 5 heteroatoms. The van der Waals surface area contributed by atoms with Crippen molar-refractivity contribution in [1.82, 2.24) is 15.1 Å². The first-order chi connectivity index (χ1) is 9.22. The van der Waals surface area contributed by atoms with E-state index in [1.165, 1.54) is 18.2 Å². The van der Waals surface area contributed by atoms with Gasteiger partial charge in [-0.2, -0.15) is 5.10 Å². The van der Waals surface area contributed by atoms with Crippen molar-refractivity contribution < 1.29 is 8.78 Å². The second-order valence-corrected chi connectivity index (χ2v) is 4.36. The van der Waals surface area contributed by atoms with Crippen LogP contribution < -0.4 is 5.32 Å². The van der Waals surface area contributed by atoms with E-state index >= 15 is 0 Å². The van der Waals surface area contributed by atoms with Gasteiger partial charge in [0.25, 0.3) is 0 Å². The maximum Gasteiger partial charge on any atom is 0.131 e. The molecular formula is C14H17F2N3. The van der Waals surface area contributed by atoms with E-state index in [0.717, 1.165) is 18.7 Å². The van der Waals surface area contributed by atoms with Crippen LogP contribution in [-0.4, -0.2) is 16.3 Å². The molecule has 3 nitrogen and oxygen atoms in total. The Morgan fingerprint density at radius 3 is 2.63 bits per heavy atom. The lowest BCUT2D eigenvalue weighted by Gasteiger charge is -2.10. The summed E-state index contributed by atoms with van der Waals surface area (Å²) in [5.41, 5.74) is 0.957. The zero-order valence-electron chi connectivity index (χ0n) is 10.9. The van der Waals surface area contributed by atoms with Crippen molar-refractivity contribution in [3.63, 3.8) is 0 Å². The van der Waals surface area contributed by atoms with Crippen LogP contribution in [0.3, 0.4) is 0 Å². The van der Waals surface area contributed by atoms with Crippen LogP contribution in [0.1, 0.15) is 24.6 Å². The molecule has 0 aliphatic heterocycles. The number of nitrogens with one attached hydrogen (secondary N) is 1. The minimum absolute atomic E-state index is 0.0444. The predicted octanol–water partition coefficient (Wildman–Crippen LogP) is 2.71. The van der Waals surface area contributed by atoms with Gasteiger partial charge in [0.2, 0.25) is 0 Å². The molecule has 102 valence electrons. The molecule has 0 spiro atoms. The minimum atomic E-state index is -0.539. The highest BCUT2D eigenvalue weighted by Crippen LogP contribution is 2.14. The first-order valence-electron chi connectivity index (χ1n) is 6.36. The summed E-state index contributed by atoms with van der Waals surface area (Å²) in [6.07, 6.45) is 2.68. The summed E-state index contributed by atoms with van der Waals surface area (Å²) in [7, 11) is 0. The largest absolute Gasteiger partial charge is 0.311 e.